The zero-order valence-corrected chi connectivity index (χ0v) is 11.4. The number of hydrogen-bond donors (Lipinski definition) is 2. The number of hydrogen-bond acceptors (Lipinski definition) is 4. The van der Waals surface area contributed by atoms with E-state index in [9.17, 15) is 4.79 Å². The summed E-state index contributed by atoms with van der Waals surface area (Å²) in [6.07, 6.45) is 2.97. The fourth-order valence-electron chi connectivity index (χ4n) is 1.53. The molecule has 0 bridgehead atoms. The molecular formula is C13H22N4O. The standard InChI is InChI=1S/C13H22N4O/c1-4-7-15-8-11-5-6-12(16-9-11)17(3)10-13(18)14-2/h5-6,9,15H,4,7-8,10H2,1-3H3,(H,14,18). The number of rotatable bonds is 7. The van der Waals surface area contributed by atoms with Gasteiger partial charge >= 0.3 is 0 Å². The van der Waals surface area contributed by atoms with Crippen LogP contribution in [0.25, 0.3) is 0 Å². The number of anilines is 1. The fourth-order valence-corrected chi connectivity index (χ4v) is 1.53. The van der Waals surface area contributed by atoms with Crippen LogP contribution in [0.2, 0.25) is 0 Å². The first kappa shape index (κ1) is 14.4. The molecule has 0 fully saturated rings. The lowest BCUT2D eigenvalue weighted by molar-refractivity contribution is -0.119. The number of nitrogens with zero attached hydrogens (tertiary/aromatic N) is 2. The Morgan fingerprint density at radius 3 is 2.78 bits per heavy atom. The molecule has 0 atom stereocenters. The van der Waals surface area contributed by atoms with Gasteiger partial charge in [-0.2, -0.15) is 0 Å². The molecule has 2 N–H and O–H groups in total. The van der Waals surface area contributed by atoms with Crippen molar-refractivity contribution in [3.63, 3.8) is 0 Å². The van der Waals surface area contributed by atoms with Crippen LogP contribution in [0.15, 0.2) is 18.3 Å². The minimum absolute atomic E-state index is 0.0204. The van der Waals surface area contributed by atoms with Crippen molar-refractivity contribution in [3.8, 4) is 0 Å². The van der Waals surface area contributed by atoms with Gasteiger partial charge in [0.15, 0.2) is 0 Å². The molecule has 0 radical (unpaired) electrons. The molecule has 5 nitrogen and oxygen atoms in total. The quantitative estimate of drug-likeness (QED) is 0.702. The van der Waals surface area contributed by atoms with Crippen LogP contribution in [-0.2, 0) is 11.3 Å². The molecule has 0 saturated carbocycles. The van der Waals surface area contributed by atoms with Crippen LogP contribution in [0.1, 0.15) is 18.9 Å². The minimum Gasteiger partial charge on any atom is -0.358 e. The highest BCUT2D eigenvalue weighted by molar-refractivity contribution is 5.80. The van der Waals surface area contributed by atoms with E-state index in [2.05, 4.69) is 22.5 Å². The summed E-state index contributed by atoms with van der Waals surface area (Å²) in [6.45, 7) is 4.30. The molecule has 0 spiro atoms. The first-order valence-corrected chi connectivity index (χ1v) is 6.24. The summed E-state index contributed by atoms with van der Waals surface area (Å²) in [5, 5.41) is 5.92. The van der Waals surface area contributed by atoms with Crippen molar-refractivity contribution in [3.05, 3.63) is 23.9 Å². The van der Waals surface area contributed by atoms with Gasteiger partial charge in [-0.3, -0.25) is 4.79 Å². The average Bonchev–Trinajstić information content (AvgIpc) is 2.39. The van der Waals surface area contributed by atoms with Gasteiger partial charge in [0.05, 0.1) is 6.54 Å². The van der Waals surface area contributed by atoms with Crippen LogP contribution < -0.4 is 15.5 Å². The zero-order valence-electron chi connectivity index (χ0n) is 11.4. The SMILES string of the molecule is CCCNCc1ccc(N(C)CC(=O)NC)nc1. The maximum absolute atomic E-state index is 11.2. The number of nitrogens with one attached hydrogen (secondary N) is 2. The van der Waals surface area contributed by atoms with E-state index in [1.54, 1.807) is 7.05 Å². The van der Waals surface area contributed by atoms with Gasteiger partial charge in [-0.1, -0.05) is 13.0 Å². The van der Waals surface area contributed by atoms with Gasteiger partial charge in [0, 0.05) is 26.8 Å². The molecular weight excluding hydrogens is 228 g/mol. The third kappa shape index (κ3) is 4.71. The molecule has 0 aliphatic carbocycles. The van der Waals surface area contributed by atoms with Gasteiger partial charge in [-0.15, -0.1) is 0 Å². The molecule has 100 valence electrons. The third-order valence-corrected chi connectivity index (χ3v) is 2.62. The minimum atomic E-state index is -0.0204. The van der Waals surface area contributed by atoms with Crippen LogP contribution in [0.4, 0.5) is 5.82 Å². The van der Waals surface area contributed by atoms with Gasteiger partial charge < -0.3 is 15.5 Å². The van der Waals surface area contributed by atoms with E-state index in [1.807, 2.05) is 30.3 Å². The van der Waals surface area contributed by atoms with Gasteiger partial charge in [0.2, 0.25) is 5.91 Å². The maximum atomic E-state index is 11.2. The molecule has 1 aromatic rings. The number of carbonyl (C=O) groups is 1. The summed E-state index contributed by atoms with van der Waals surface area (Å²) in [5.74, 6) is 0.783. The average molecular weight is 250 g/mol. The summed E-state index contributed by atoms with van der Waals surface area (Å²) in [4.78, 5) is 17.4. The predicted octanol–water partition coefficient (Wildman–Crippen LogP) is 0.763. The van der Waals surface area contributed by atoms with Crippen molar-refractivity contribution in [2.45, 2.75) is 19.9 Å². The Morgan fingerprint density at radius 2 is 2.22 bits per heavy atom. The second kappa shape index (κ2) is 7.66. The molecule has 0 aliphatic rings. The van der Waals surface area contributed by atoms with Crippen molar-refractivity contribution in [1.29, 1.82) is 0 Å². The maximum Gasteiger partial charge on any atom is 0.239 e. The molecule has 18 heavy (non-hydrogen) atoms. The highest BCUT2D eigenvalue weighted by Crippen LogP contribution is 2.09. The van der Waals surface area contributed by atoms with Crippen LogP contribution in [-0.4, -0.2) is 38.1 Å². The van der Waals surface area contributed by atoms with Crippen LogP contribution in [0, 0.1) is 0 Å². The fraction of sp³-hybridized carbons (Fsp3) is 0.538. The molecule has 1 rings (SSSR count). The molecule has 1 heterocycles. The zero-order chi connectivity index (χ0) is 13.4. The topological polar surface area (TPSA) is 57.3 Å². The number of pyridine rings is 1. The molecule has 1 aromatic heterocycles. The lowest BCUT2D eigenvalue weighted by Crippen LogP contribution is -2.33. The molecule has 1 amide bonds. The highest BCUT2D eigenvalue weighted by atomic mass is 16.1. The van der Waals surface area contributed by atoms with Crippen molar-refractivity contribution < 1.29 is 4.79 Å². The van der Waals surface area contributed by atoms with Crippen molar-refractivity contribution in [2.75, 3.05) is 32.1 Å². The van der Waals surface area contributed by atoms with Crippen LogP contribution >= 0.6 is 0 Å². The summed E-state index contributed by atoms with van der Waals surface area (Å²) >= 11 is 0. The number of likely N-dealkylation sites (N-methyl/N-ethyl adjacent to an activating group) is 2. The van der Waals surface area contributed by atoms with Gasteiger partial charge in [0.25, 0.3) is 0 Å². The number of amides is 1. The largest absolute Gasteiger partial charge is 0.358 e. The Hall–Kier alpha value is -1.62. The Bertz CT molecular complexity index is 364. The van der Waals surface area contributed by atoms with E-state index in [4.69, 9.17) is 0 Å². The van der Waals surface area contributed by atoms with Crippen molar-refractivity contribution >= 4 is 11.7 Å². The van der Waals surface area contributed by atoms with Crippen LogP contribution in [0.3, 0.4) is 0 Å². The summed E-state index contributed by atoms with van der Waals surface area (Å²) in [5.41, 5.74) is 1.15. The lowest BCUT2D eigenvalue weighted by atomic mass is 10.2. The molecule has 0 unspecified atom stereocenters. The van der Waals surface area contributed by atoms with E-state index in [0.717, 1.165) is 30.9 Å². The van der Waals surface area contributed by atoms with E-state index in [-0.39, 0.29) is 5.91 Å². The van der Waals surface area contributed by atoms with E-state index < -0.39 is 0 Å². The molecule has 0 saturated heterocycles. The number of carbonyl (C=O) groups excluding carboxylic acids is 1. The Kier molecular flexibility index (Phi) is 6.14. The molecule has 5 heteroatoms. The normalized spacial score (nSPS) is 10.2. The molecule has 0 aromatic carbocycles. The predicted molar refractivity (Wildman–Crippen MR) is 73.6 cm³/mol. The van der Waals surface area contributed by atoms with Gasteiger partial charge in [0.1, 0.15) is 5.82 Å². The second-order valence-corrected chi connectivity index (χ2v) is 4.23. The Morgan fingerprint density at radius 1 is 1.44 bits per heavy atom. The van der Waals surface area contributed by atoms with Crippen LogP contribution in [0.5, 0.6) is 0 Å². The summed E-state index contributed by atoms with van der Waals surface area (Å²) < 4.78 is 0. The van der Waals surface area contributed by atoms with E-state index in [0.29, 0.717) is 6.54 Å². The smallest absolute Gasteiger partial charge is 0.239 e. The summed E-state index contributed by atoms with van der Waals surface area (Å²) in [6, 6.07) is 3.97. The van der Waals surface area contributed by atoms with Gasteiger partial charge in [-0.25, -0.2) is 4.98 Å². The van der Waals surface area contributed by atoms with E-state index >= 15 is 0 Å². The Labute approximate surface area is 109 Å². The highest BCUT2D eigenvalue weighted by Gasteiger charge is 2.06. The first-order valence-electron chi connectivity index (χ1n) is 6.24. The monoisotopic (exact) mass is 250 g/mol. The van der Waals surface area contributed by atoms with Crippen molar-refractivity contribution in [1.82, 2.24) is 15.6 Å². The third-order valence-electron chi connectivity index (χ3n) is 2.62. The second-order valence-electron chi connectivity index (χ2n) is 4.23. The van der Waals surface area contributed by atoms with Gasteiger partial charge in [-0.05, 0) is 24.6 Å². The lowest BCUT2D eigenvalue weighted by Gasteiger charge is -2.17. The number of aromatic nitrogens is 1. The van der Waals surface area contributed by atoms with E-state index in [1.165, 1.54) is 0 Å². The summed E-state index contributed by atoms with van der Waals surface area (Å²) in [7, 11) is 3.48. The van der Waals surface area contributed by atoms with Crippen molar-refractivity contribution in [2.24, 2.45) is 0 Å². The molecule has 0 aliphatic heterocycles. The Balaban J connectivity index is 2.51. The first-order chi connectivity index (χ1) is 8.67.